The van der Waals surface area contributed by atoms with Crippen molar-refractivity contribution in [3.05, 3.63) is 0 Å². The molecule has 0 heterocycles. The van der Waals surface area contributed by atoms with Crippen molar-refractivity contribution in [1.29, 1.82) is 0 Å². The molecule has 0 bridgehead atoms. The number of hydrogen-bond acceptors (Lipinski definition) is 4. The maximum atomic E-state index is 12.6. The molecule has 1 amide bonds. The number of hydrogen-bond donors (Lipinski definition) is 4. The summed E-state index contributed by atoms with van der Waals surface area (Å²) in [7, 11) is 0. The van der Waals surface area contributed by atoms with Crippen LogP contribution in [0.1, 0.15) is 399 Å². The molecule has 0 aliphatic rings. The van der Waals surface area contributed by atoms with E-state index >= 15 is 0 Å². The number of carbonyl (C=O) groups excluding carboxylic acids is 1. The highest BCUT2D eigenvalue weighted by Crippen LogP contribution is 2.20. The average molecular weight is 1020 g/mol. The zero-order valence-electron chi connectivity index (χ0n) is 49.6. The third kappa shape index (κ3) is 58.6. The summed E-state index contributed by atoms with van der Waals surface area (Å²) in [6.07, 6.45) is 78.9. The van der Waals surface area contributed by atoms with Gasteiger partial charge in [0.15, 0.2) is 0 Å². The van der Waals surface area contributed by atoms with Crippen LogP contribution in [0.2, 0.25) is 0 Å². The number of aliphatic hydroxyl groups is 3. The first-order valence-corrected chi connectivity index (χ1v) is 33.8. The van der Waals surface area contributed by atoms with Crippen LogP contribution < -0.4 is 5.32 Å². The predicted octanol–water partition coefficient (Wildman–Crippen LogP) is 21.6. The molecule has 0 aromatic carbocycles. The SMILES string of the molecule is CCCCCCCCCCCCCCCCCCCCCCCCCCCCCCCCCCCC(O)CC(=O)NC(CO)C(O)CCCCCCCCCCCCCCCCCCCCCCCCCC. The van der Waals surface area contributed by atoms with Crippen molar-refractivity contribution < 1.29 is 20.1 Å². The van der Waals surface area contributed by atoms with E-state index in [9.17, 15) is 20.1 Å². The van der Waals surface area contributed by atoms with E-state index in [1.165, 1.54) is 340 Å². The van der Waals surface area contributed by atoms with Gasteiger partial charge < -0.3 is 20.6 Å². The molecule has 0 aliphatic heterocycles. The number of nitrogens with one attached hydrogen (secondary N) is 1. The largest absolute Gasteiger partial charge is 0.394 e. The van der Waals surface area contributed by atoms with Gasteiger partial charge in [0, 0.05) is 0 Å². The fourth-order valence-electron chi connectivity index (χ4n) is 11.3. The van der Waals surface area contributed by atoms with Gasteiger partial charge in [0.2, 0.25) is 5.91 Å². The van der Waals surface area contributed by atoms with E-state index in [1.807, 2.05) is 0 Å². The van der Waals surface area contributed by atoms with Gasteiger partial charge in [-0.3, -0.25) is 4.79 Å². The summed E-state index contributed by atoms with van der Waals surface area (Å²) in [5, 5.41) is 33.8. The maximum absolute atomic E-state index is 12.6. The first kappa shape index (κ1) is 71.3. The first-order valence-electron chi connectivity index (χ1n) is 33.8. The summed E-state index contributed by atoms with van der Waals surface area (Å²) in [6.45, 7) is 4.32. The molecule has 0 radical (unpaired) electrons. The molecule has 3 atom stereocenters. The number of carbonyl (C=O) groups is 1. The molecule has 0 spiro atoms. The van der Waals surface area contributed by atoms with Crippen LogP contribution in [0.15, 0.2) is 0 Å². The summed E-state index contributed by atoms with van der Waals surface area (Å²) >= 11 is 0. The highest BCUT2D eigenvalue weighted by atomic mass is 16.3. The lowest BCUT2D eigenvalue weighted by molar-refractivity contribution is -0.125. The normalized spacial score (nSPS) is 13.0. The van der Waals surface area contributed by atoms with Gasteiger partial charge in [0.05, 0.1) is 31.3 Å². The molecule has 3 unspecified atom stereocenters. The van der Waals surface area contributed by atoms with Crippen LogP contribution >= 0.6 is 0 Å². The molecule has 0 aromatic heterocycles. The van der Waals surface area contributed by atoms with Crippen molar-refractivity contribution >= 4 is 5.91 Å². The second-order valence-electron chi connectivity index (χ2n) is 23.8. The lowest BCUT2D eigenvalue weighted by Gasteiger charge is -2.23. The van der Waals surface area contributed by atoms with Gasteiger partial charge in [0.1, 0.15) is 0 Å². The molecular weight excluding hydrogens is 883 g/mol. The second-order valence-corrected chi connectivity index (χ2v) is 23.8. The molecule has 5 heteroatoms. The minimum atomic E-state index is -0.747. The summed E-state index contributed by atoms with van der Waals surface area (Å²) in [5.74, 6) is -0.272. The molecule has 72 heavy (non-hydrogen) atoms. The molecule has 432 valence electrons. The van der Waals surface area contributed by atoms with Crippen LogP contribution in [-0.4, -0.2) is 46.1 Å². The van der Waals surface area contributed by atoms with E-state index in [-0.39, 0.29) is 18.9 Å². The molecule has 0 aromatic rings. The van der Waals surface area contributed by atoms with E-state index < -0.39 is 18.2 Å². The predicted molar refractivity (Wildman–Crippen MR) is 319 cm³/mol. The van der Waals surface area contributed by atoms with Crippen molar-refractivity contribution in [1.82, 2.24) is 5.32 Å². The monoisotopic (exact) mass is 1020 g/mol. The van der Waals surface area contributed by atoms with Crippen molar-refractivity contribution in [2.45, 2.75) is 417 Å². The highest BCUT2D eigenvalue weighted by Gasteiger charge is 2.21. The molecule has 0 rings (SSSR count). The fraction of sp³-hybridized carbons (Fsp3) is 0.985. The quantitative estimate of drug-likeness (QED) is 0.0457. The van der Waals surface area contributed by atoms with Gasteiger partial charge in [-0.15, -0.1) is 0 Å². The Morgan fingerprint density at radius 1 is 0.292 bits per heavy atom. The highest BCUT2D eigenvalue weighted by molar-refractivity contribution is 5.76. The third-order valence-electron chi connectivity index (χ3n) is 16.4. The Hall–Kier alpha value is -0.650. The molecular formula is C67H135NO4. The van der Waals surface area contributed by atoms with E-state index in [0.717, 1.165) is 25.7 Å². The van der Waals surface area contributed by atoms with Crippen LogP contribution in [0, 0.1) is 0 Å². The number of rotatable bonds is 64. The van der Waals surface area contributed by atoms with Crippen molar-refractivity contribution in [2.24, 2.45) is 0 Å². The Morgan fingerprint density at radius 3 is 0.667 bits per heavy atom. The van der Waals surface area contributed by atoms with E-state index in [1.54, 1.807) is 0 Å². The average Bonchev–Trinajstić information content (AvgIpc) is 3.38. The van der Waals surface area contributed by atoms with Gasteiger partial charge >= 0.3 is 0 Å². The Labute approximate surface area is 453 Å². The van der Waals surface area contributed by atoms with E-state index in [0.29, 0.717) is 12.8 Å². The molecule has 0 fully saturated rings. The zero-order chi connectivity index (χ0) is 52.2. The molecule has 5 nitrogen and oxygen atoms in total. The lowest BCUT2D eigenvalue weighted by atomic mass is 10.0. The Morgan fingerprint density at radius 2 is 0.472 bits per heavy atom. The van der Waals surface area contributed by atoms with Crippen LogP contribution in [0.3, 0.4) is 0 Å². The fourth-order valence-corrected chi connectivity index (χ4v) is 11.3. The van der Waals surface area contributed by atoms with E-state index in [4.69, 9.17) is 0 Å². The van der Waals surface area contributed by atoms with E-state index in [2.05, 4.69) is 19.2 Å². The molecule has 0 aliphatic carbocycles. The summed E-state index contributed by atoms with van der Waals surface area (Å²) in [6, 6.07) is -0.655. The topological polar surface area (TPSA) is 89.8 Å². The van der Waals surface area contributed by atoms with Gasteiger partial charge in [-0.2, -0.15) is 0 Å². The van der Waals surface area contributed by atoms with Crippen molar-refractivity contribution in [3.8, 4) is 0 Å². The smallest absolute Gasteiger partial charge is 0.222 e. The van der Waals surface area contributed by atoms with Crippen LogP contribution in [0.5, 0.6) is 0 Å². The first-order chi connectivity index (χ1) is 35.5. The Bertz CT molecular complexity index is 991. The van der Waals surface area contributed by atoms with Crippen LogP contribution in [-0.2, 0) is 4.79 Å². The van der Waals surface area contributed by atoms with Crippen LogP contribution in [0.4, 0.5) is 0 Å². The number of aliphatic hydroxyl groups excluding tert-OH is 3. The minimum Gasteiger partial charge on any atom is -0.394 e. The Balaban J connectivity index is 3.43. The molecule has 0 saturated heterocycles. The zero-order valence-corrected chi connectivity index (χ0v) is 49.6. The second kappa shape index (κ2) is 62.9. The summed E-state index contributed by atoms with van der Waals surface area (Å²) < 4.78 is 0. The molecule has 0 saturated carbocycles. The van der Waals surface area contributed by atoms with Gasteiger partial charge in [-0.25, -0.2) is 0 Å². The number of unbranched alkanes of at least 4 members (excludes halogenated alkanes) is 55. The lowest BCUT2D eigenvalue weighted by Crippen LogP contribution is -2.46. The minimum absolute atomic E-state index is 0.0440. The third-order valence-corrected chi connectivity index (χ3v) is 16.4. The summed E-state index contributed by atoms with van der Waals surface area (Å²) in [4.78, 5) is 12.6. The van der Waals surface area contributed by atoms with Gasteiger partial charge in [-0.1, -0.05) is 380 Å². The molecule has 4 N–H and O–H groups in total. The van der Waals surface area contributed by atoms with Crippen molar-refractivity contribution in [2.75, 3.05) is 6.61 Å². The summed E-state index contributed by atoms with van der Waals surface area (Å²) in [5.41, 5.74) is 0. The maximum Gasteiger partial charge on any atom is 0.222 e. The Kier molecular flexibility index (Phi) is 62.3. The van der Waals surface area contributed by atoms with Crippen LogP contribution in [0.25, 0.3) is 0 Å². The standard InChI is InChI=1S/C67H135NO4/c1-3-5-7-9-11-13-15-17-19-21-23-25-27-29-30-31-32-33-34-35-36-37-38-40-42-44-46-48-50-52-54-56-58-60-64(70)62-67(72)68-65(63-69)66(71)61-59-57-55-53-51-49-47-45-43-41-39-28-26-24-22-20-18-16-14-12-10-8-6-4-2/h64-66,69-71H,3-63H2,1-2H3,(H,68,72). The van der Waals surface area contributed by atoms with Gasteiger partial charge in [-0.05, 0) is 12.8 Å². The van der Waals surface area contributed by atoms with Gasteiger partial charge in [0.25, 0.3) is 0 Å². The van der Waals surface area contributed by atoms with Crippen molar-refractivity contribution in [3.63, 3.8) is 0 Å². The number of amides is 1.